The van der Waals surface area contributed by atoms with Crippen molar-refractivity contribution in [3.8, 4) is 0 Å². The van der Waals surface area contributed by atoms with Crippen LogP contribution in [0.4, 0.5) is 0 Å². The molecule has 0 saturated heterocycles. The fraction of sp³-hybridized carbons (Fsp3) is 0.700. The van der Waals surface area contributed by atoms with Gasteiger partial charge in [-0.1, -0.05) is 19.9 Å². The predicted molar refractivity (Wildman–Crippen MR) is 52.7 cm³/mol. The molecule has 0 radical (unpaired) electrons. The molecule has 0 amide bonds. The van der Waals surface area contributed by atoms with Crippen molar-refractivity contribution in [2.45, 2.75) is 32.3 Å². The first-order chi connectivity index (χ1) is 6.61. The zero-order chi connectivity index (χ0) is 11.0. The van der Waals surface area contributed by atoms with E-state index in [4.69, 9.17) is 14.9 Å². The fourth-order valence-electron chi connectivity index (χ4n) is 0.819. The molecule has 0 rings (SSSR count). The fourth-order valence-corrected chi connectivity index (χ4v) is 0.819. The molecular weight excluding hydrogens is 184 g/mol. The van der Waals surface area contributed by atoms with Crippen LogP contribution < -0.4 is 0 Å². The molecule has 0 aliphatic rings. The van der Waals surface area contributed by atoms with E-state index in [1.807, 2.05) is 6.92 Å². The van der Waals surface area contributed by atoms with Crippen molar-refractivity contribution in [1.82, 2.24) is 0 Å². The van der Waals surface area contributed by atoms with E-state index in [1.165, 1.54) is 0 Å². The summed E-state index contributed by atoms with van der Waals surface area (Å²) in [6.45, 7) is 5.01. The molecule has 0 bridgehead atoms. The lowest BCUT2D eigenvalue weighted by atomic mass is 10.1. The number of ether oxygens (including phenoxy) is 1. The Hall–Kier alpha value is -0.870. The third-order valence-corrected chi connectivity index (χ3v) is 1.74. The first-order valence-electron chi connectivity index (χ1n) is 4.75. The number of aliphatic hydroxyl groups is 2. The lowest BCUT2D eigenvalue weighted by Gasteiger charge is -2.09. The van der Waals surface area contributed by atoms with Crippen LogP contribution >= 0.6 is 0 Å². The summed E-state index contributed by atoms with van der Waals surface area (Å²) in [7, 11) is 0. The second-order valence-electron chi connectivity index (χ2n) is 3.14. The molecule has 0 fully saturated rings. The lowest BCUT2D eigenvalue weighted by molar-refractivity contribution is -0.142. The minimum absolute atomic E-state index is 0.180. The van der Waals surface area contributed by atoms with E-state index < -0.39 is 18.7 Å². The topological polar surface area (TPSA) is 66.8 Å². The number of unbranched alkanes of at least 4 members (excludes halogenated alkanes) is 1. The Labute approximate surface area is 84.2 Å². The monoisotopic (exact) mass is 202 g/mol. The van der Waals surface area contributed by atoms with Gasteiger partial charge in [0.15, 0.2) is 0 Å². The normalized spacial score (nSPS) is 12.2. The van der Waals surface area contributed by atoms with Crippen LogP contribution in [-0.4, -0.2) is 35.5 Å². The first kappa shape index (κ1) is 13.1. The van der Waals surface area contributed by atoms with E-state index >= 15 is 0 Å². The van der Waals surface area contributed by atoms with Gasteiger partial charge in [-0.3, -0.25) is 0 Å². The number of rotatable bonds is 7. The van der Waals surface area contributed by atoms with Crippen molar-refractivity contribution < 1.29 is 19.7 Å². The molecule has 82 valence electrons. The van der Waals surface area contributed by atoms with Crippen LogP contribution in [0, 0.1) is 0 Å². The summed E-state index contributed by atoms with van der Waals surface area (Å²) >= 11 is 0. The van der Waals surface area contributed by atoms with E-state index in [2.05, 4.69) is 6.58 Å². The number of aliphatic hydroxyl groups excluding tert-OH is 2. The number of esters is 1. The van der Waals surface area contributed by atoms with E-state index in [9.17, 15) is 4.79 Å². The maximum absolute atomic E-state index is 11.2. The van der Waals surface area contributed by atoms with Crippen LogP contribution in [0.1, 0.15) is 26.2 Å². The molecule has 1 atom stereocenters. The summed E-state index contributed by atoms with van der Waals surface area (Å²) in [6, 6.07) is 0. The molecular formula is C10H18O4. The second kappa shape index (κ2) is 7.53. The molecule has 0 heterocycles. The van der Waals surface area contributed by atoms with Gasteiger partial charge >= 0.3 is 5.97 Å². The van der Waals surface area contributed by atoms with E-state index in [1.54, 1.807) is 0 Å². The lowest BCUT2D eigenvalue weighted by Crippen LogP contribution is -2.22. The summed E-state index contributed by atoms with van der Waals surface area (Å²) in [4.78, 5) is 11.2. The number of hydrogen-bond acceptors (Lipinski definition) is 4. The number of carbonyl (C=O) groups is 1. The van der Waals surface area contributed by atoms with Gasteiger partial charge in [0.2, 0.25) is 0 Å². The molecule has 0 saturated carbocycles. The van der Waals surface area contributed by atoms with Crippen molar-refractivity contribution in [2.24, 2.45) is 0 Å². The largest absolute Gasteiger partial charge is 0.459 e. The molecule has 4 nitrogen and oxygen atoms in total. The van der Waals surface area contributed by atoms with Crippen molar-refractivity contribution in [2.75, 3.05) is 13.2 Å². The highest BCUT2D eigenvalue weighted by Crippen LogP contribution is 2.06. The van der Waals surface area contributed by atoms with Crippen molar-refractivity contribution >= 4 is 5.97 Å². The molecule has 0 aromatic carbocycles. The Morgan fingerprint density at radius 2 is 2.21 bits per heavy atom. The molecule has 2 N–H and O–H groups in total. The molecule has 0 spiro atoms. The Bertz CT molecular complexity index is 189. The van der Waals surface area contributed by atoms with Gasteiger partial charge in [0.05, 0.1) is 6.61 Å². The molecule has 0 aliphatic carbocycles. The van der Waals surface area contributed by atoms with E-state index in [0.29, 0.717) is 12.0 Å². The van der Waals surface area contributed by atoms with Gasteiger partial charge in [-0.15, -0.1) is 0 Å². The van der Waals surface area contributed by atoms with Crippen molar-refractivity contribution in [1.29, 1.82) is 0 Å². The average Bonchev–Trinajstić information content (AvgIpc) is 2.21. The molecule has 0 aromatic rings. The second-order valence-corrected chi connectivity index (χ2v) is 3.14. The maximum atomic E-state index is 11.2. The standard InChI is InChI=1S/C10H18O4/c1-3-4-5-8(2)10(13)14-7-9(12)6-11/h9,11-12H,2-7H2,1H3. The highest BCUT2D eigenvalue weighted by Gasteiger charge is 2.10. The zero-order valence-corrected chi connectivity index (χ0v) is 8.53. The van der Waals surface area contributed by atoms with Gasteiger partial charge in [-0.05, 0) is 12.8 Å². The third-order valence-electron chi connectivity index (χ3n) is 1.74. The maximum Gasteiger partial charge on any atom is 0.333 e. The Morgan fingerprint density at radius 1 is 1.57 bits per heavy atom. The Morgan fingerprint density at radius 3 is 2.71 bits per heavy atom. The summed E-state index contributed by atoms with van der Waals surface area (Å²) < 4.78 is 4.71. The van der Waals surface area contributed by atoms with Gasteiger partial charge in [0, 0.05) is 5.57 Å². The van der Waals surface area contributed by atoms with Gasteiger partial charge in [0.25, 0.3) is 0 Å². The zero-order valence-electron chi connectivity index (χ0n) is 8.53. The summed E-state index contributed by atoms with van der Waals surface area (Å²) in [5.74, 6) is -0.494. The molecule has 1 unspecified atom stereocenters. The third kappa shape index (κ3) is 5.72. The van der Waals surface area contributed by atoms with Crippen LogP contribution in [0.2, 0.25) is 0 Å². The molecule has 0 aromatic heterocycles. The van der Waals surface area contributed by atoms with Gasteiger partial charge in [-0.25, -0.2) is 4.79 Å². The first-order valence-corrected chi connectivity index (χ1v) is 4.75. The van der Waals surface area contributed by atoms with Crippen molar-refractivity contribution in [3.63, 3.8) is 0 Å². The minimum atomic E-state index is -1.00. The smallest absolute Gasteiger partial charge is 0.333 e. The van der Waals surface area contributed by atoms with Crippen molar-refractivity contribution in [3.05, 3.63) is 12.2 Å². The van der Waals surface area contributed by atoms with Crippen LogP contribution in [0.3, 0.4) is 0 Å². The quantitative estimate of drug-likeness (QED) is 0.469. The summed E-state index contributed by atoms with van der Waals surface area (Å²) in [5, 5.41) is 17.4. The van der Waals surface area contributed by atoms with Gasteiger partial charge in [0.1, 0.15) is 12.7 Å². The van der Waals surface area contributed by atoms with Crippen LogP contribution in [-0.2, 0) is 9.53 Å². The molecule has 4 heteroatoms. The summed E-state index contributed by atoms with van der Waals surface area (Å²) in [6.07, 6.45) is 1.50. The van der Waals surface area contributed by atoms with Crippen LogP contribution in [0.15, 0.2) is 12.2 Å². The SMILES string of the molecule is C=C(CCCC)C(=O)OCC(O)CO. The summed E-state index contributed by atoms with van der Waals surface area (Å²) in [5.41, 5.74) is 0.414. The highest BCUT2D eigenvalue weighted by atomic mass is 16.5. The Kier molecular flexibility index (Phi) is 7.06. The number of carbonyl (C=O) groups excluding carboxylic acids is 1. The predicted octanol–water partition coefficient (Wildman–Crippen LogP) is 0.629. The Balaban J connectivity index is 3.67. The van der Waals surface area contributed by atoms with Crippen LogP contribution in [0.5, 0.6) is 0 Å². The van der Waals surface area contributed by atoms with Gasteiger partial charge < -0.3 is 14.9 Å². The van der Waals surface area contributed by atoms with Gasteiger partial charge in [-0.2, -0.15) is 0 Å². The van der Waals surface area contributed by atoms with E-state index in [-0.39, 0.29) is 6.61 Å². The molecule has 14 heavy (non-hydrogen) atoms. The average molecular weight is 202 g/mol. The van der Waals surface area contributed by atoms with Crippen LogP contribution in [0.25, 0.3) is 0 Å². The molecule has 0 aliphatic heterocycles. The number of hydrogen-bond donors (Lipinski definition) is 2. The highest BCUT2D eigenvalue weighted by molar-refractivity contribution is 5.87. The van der Waals surface area contributed by atoms with E-state index in [0.717, 1.165) is 12.8 Å². The minimum Gasteiger partial charge on any atom is -0.459 e.